The summed E-state index contributed by atoms with van der Waals surface area (Å²) < 4.78 is 13.7. The first-order chi connectivity index (χ1) is 8.52. The molecule has 1 heterocycles. The normalized spacial score (nSPS) is 21.4. The summed E-state index contributed by atoms with van der Waals surface area (Å²) in [7, 11) is 1.87. The van der Waals surface area contributed by atoms with Crippen LogP contribution in [0, 0.1) is 12.7 Å². The number of nitrogens with zero attached hydrogens (tertiary/aromatic N) is 1. The Labute approximate surface area is 108 Å². The highest BCUT2D eigenvalue weighted by molar-refractivity contribution is 5.58. The van der Waals surface area contributed by atoms with Crippen LogP contribution in [0.25, 0.3) is 0 Å². The molecule has 0 spiro atoms. The van der Waals surface area contributed by atoms with E-state index in [0.717, 1.165) is 24.2 Å². The molecule has 0 aliphatic carbocycles. The summed E-state index contributed by atoms with van der Waals surface area (Å²) in [4.78, 5) is 2.14. The summed E-state index contributed by atoms with van der Waals surface area (Å²) in [6, 6.07) is 3.58. The Morgan fingerprint density at radius 2 is 2.22 bits per heavy atom. The maximum atomic E-state index is 13.7. The van der Waals surface area contributed by atoms with Gasteiger partial charge < -0.3 is 15.3 Å². The molecule has 0 saturated carbocycles. The van der Waals surface area contributed by atoms with Crippen molar-refractivity contribution in [2.45, 2.75) is 32.4 Å². The minimum atomic E-state index is -0.270. The van der Waals surface area contributed by atoms with E-state index in [1.54, 1.807) is 13.0 Å². The van der Waals surface area contributed by atoms with Gasteiger partial charge in [-0.3, -0.25) is 0 Å². The maximum absolute atomic E-state index is 13.7. The minimum absolute atomic E-state index is 0.0906. The van der Waals surface area contributed by atoms with Crippen LogP contribution in [0.3, 0.4) is 0 Å². The van der Waals surface area contributed by atoms with E-state index in [1.807, 2.05) is 20.0 Å². The highest BCUT2D eigenvalue weighted by Gasteiger charge is 2.24. The summed E-state index contributed by atoms with van der Waals surface area (Å²) in [5.74, 6) is -0.171. The molecule has 2 N–H and O–H groups in total. The number of hydrogen-bond acceptors (Lipinski definition) is 3. The first kappa shape index (κ1) is 13.3. The van der Waals surface area contributed by atoms with Crippen molar-refractivity contribution >= 4 is 5.69 Å². The van der Waals surface area contributed by atoms with Gasteiger partial charge in [0.15, 0.2) is 0 Å². The molecule has 1 aliphatic heterocycles. The number of aryl methyl sites for hydroxylation is 1. The number of anilines is 1. The van der Waals surface area contributed by atoms with E-state index in [-0.39, 0.29) is 18.0 Å². The topological polar surface area (TPSA) is 35.5 Å². The lowest BCUT2D eigenvalue weighted by molar-refractivity contribution is 0.198. The summed E-state index contributed by atoms with van der Waals surface area (Å²) in [6.07, 6.45) is 0.511. The number of benzene rings is 1. The number of rotatable bonds is 3. The third kappa shape index (κ3) is 2.49. The highest BCUT2D eigenvalue weighted by Crippen LogP contribution is 2.31. The molecule has 3 nitrogen and oxygen atoms in total. The van der Waals surface area contributed by atoms with E-state index >= 15 is 0 Å². The van der Waals surface area contributed by atoms with E-state index in [1.165, 1.54) is 0 Å². The third-order valence-electron chi connectivity index (χ3n) is 3.71. The Morgan fingerprint density at radius 1 is 1.50 bits per heavy atom. The summed E-state index contributed by atoms with van der Waals surface area (Å²) in [6.45, 7) is 5.25. The standard InChI is InChI=1S/C14H21FN2O/c1-9-6-14(17-5-4-11(18)8-17)12(7-13(9)15)10(2)16-3/h6-7,10-11,16,18H,4-5,8H2,1-3H3. The molecule has 1 aliphatic rings. The van der Waals surface area contributed by atoms with Crippen molar-refractivity contribution in [3.05, 3.63) is 29.1 Å². The zero-order valence-electron chi connectivity index (χ0n) is 11.2. The Balaban J connectivity index is 2.40. The molecule has 100 valence electrons. The van der Waals surface area contributed by atoms with Gasteiger partial charge in [0.25, 0.3) is 0 Å². The van der Waals surface area contributed by atoms with Gasteiger partial charge in [-0.1, -0.05) is 0 Å². The maximum Gasteiger partial charge on any atom is 0.126 e. The number of β-amino-alcohol motifs (C(OH)–C–C–N with tert-alkyl or cyclic N) is 1. The molecule has 1 fully saturated rings. The number of nitrogens with one attached hydrogen (secondary N) is 1. The molecule has 18 heavy (non-hydrogen) atoms. The van der Waals surface area contributed by atoms with Gasteiger partial charge in [0, 0.05) is 24.8 Å². The average Bonchev–Trinajstić information content (AvgIpc) is 2.77. The van der Waals surface area contributed by atoms with Gasteiger partial charge in [-0.25, -0.2) is 4.39 Å². The SMILES string of the molecule is CNC(C)c1cc(F)c(C)cc1N1CCC(O)C1. The quantitative estimate of drug-likeness (QED) is 0.863. The van der Waals surface area contributed by atoms with Gasteiger partial charge in [0.2, 0.25) is 0 Å². The van der Waals surface area contributed by atoms with Gasteiger partial charge in [-0.15, -0.1) is 0 Å². The van der Waals surface area contributed by atoms with Crippen molar-refractivity contribution in [1.29, 1.82) is 0 Å². The second-order valence-electron chi connectivity index (χ2n) is 5.06. The van der Waals surface area contributed by atoms with Crippen LogP contribution in [0.1, 0.15) is 30.5 Å². The van der Waals surface area contributed by atoms with Crippen molar-refractivity contribution < 1.29 is 9.50 Å². The van der Waals surface area contributed by atoms with Crippen LogP contribution in [0.4, 0.5) is 10.1 Å². The van der Waals surface area contributed by atoms with E-state index in [2.05, 4.69) is 10.2 Å². The van der Waals surface area contributed by atoms with E-state index in [4.69, 9.17) is 0 Å². The van der Waals surface area contributed by atoms with Crippen LogP contribution < -0.4 is 10.2 Å². The number of hydrogen-bond donors (Lipinski definition) is 2. The largest absolute Gasteiger partial charge is 0.391 e. The van der Waals surface area contributed by atoms with Crippen molar-refractivity contribution in [2.75, 3.05) is 25.0 Å². The summed E-state index contributed by atoms with van der Waals surface area (Å²) >= 11 is 0. The molecule has 0 aromatic heterocycles. The van der Waals surface area contributed by atoms with Crippen LogP contribution in [0.2, 0.25) is 0 Å². The van der Waals surface area contributed by atoms with Crippen LogP contribution in [-0.4, -0.2) is 31.3 Å². The molecular weight excluding hydrogens is 231 g/mol. The van der Waals surface area contributed by atoms with Crippen LogP contribution in [0.15, 0.2) is 12.1 Å². The van der Waals surface area contributed by atoms with Gasteiger partial charge >= 0.3 is 0 Å². The average molecular weight is 252 g/mol. The molecule has 0 bridgehead atoms. The molecule has 0 amide bonds. The minimum Gasteiger partial charge on any atom is -0.391 e. The third-order valence-corrected chi connectivity index (χ3v) is 3.71. The van der Waals surface area contributed by atoms with E-state index in [9.17, 15) is 9.50 Å². The Kier molecular flexibility index (Phi) is 3.88. The summed E-state index contributed by atoms with van der Waals surface area (Å²) in [5, 5.41) is 12.8. The van der Waals surface area contributed by atoms with Crippen molar-refractivity contribution in [3.63, 3.8) is 0 Å². The first-order valence-corrected chi connectivity index (χ1v) is 6.43. The van der Waals surface area contributed by atoms with Crippen molar-refractivity contribution in [2.24, 2.45) is 0 Å². The van der Waals surface area contributed by atoms with Crippen molar-refractivity contribution in [3.8, 4) is 0 Å². The van der Waals surface area contributed by atoms with Crippen LogP contribution in [-0.2, 0) is 0 Å². The Morgan fingerprint density at radius 3 is 2.78 bits per heavy atom. The van der Waals surface area contributed by atoms with Gasteiger partial charge in [-0.2, -0.15) is 0 Å². The molecule has 0 radical (unpaired) electrons. The molecule has 2 rings (SSSR count). The molecular formula is C14H21FN2O. The predicted octanol–water partition coefficient (Wildman–Crippen LogP) is 1.99. The number of aliphatic hydroxyl groups excluding tert-OH is 1. The molecule has 1 aromatic carbocycles. The lowest BCUT2D eigenvalue weighted by atomic mass is 10.0. The molecule has 4 heteroatoms. The number of halogens is 1. The lowest BCUT2D eigenvalue weighted by Gasteiger charge is -2.25. The van der Waals surface area contributed by atoms with Crippen LogP contribution in [0.5, 0.6) is 0 Å². The highest BCUT2D eigenvalue weighted by atomic mass is 19.1. The zero-order valence-corrected chi connectivity index (χ0v) is 11.2. The molecule has 2 atom stereocenters. The fourth-order valence-electron chi connectivity index (χ4n) is 2.42. The first-order valence-electron chi connectivity index (χ1n) is 6.43. The van der Waals surface area contributed by atoms with E-state index in [0.29, 0.717) is 12.1 Å². The van der Waals surface area contributed by atoms with E-state index < -0.39 is 0 Å². The Hall–Kier alpha value is -1.13. The second-order valence-corrected chi connectivity index (χ2v) is 5.06. The molecule has 1 saturated heterocycles. The fourth-order valence-corrected chi connectivity index (χ4v) is 2.42. The van der Waals surface area contributed by atoms with Gasteiger partial charge in [0.05, 0.1) is 6.10 Å². The van der Waals surface area contributed by atoms with Gasteiger partial charge in [0.1, 0.15) is 5.82 Å². The molecule has 1 aromatic rings. The Bertz CT molecular complexity index is 436. The summed E-state index contributed by atoms with van der Waals surface area (Å²) in [5.41, 5.74) is 2.64. The second kappa shape index (κ2) is 5.24. The zero-order chi connectivity index (χ0) is 13.3. The van der Waals surface area contributed by atoms with Crippen LogP contribution >= 0.6 is 0 Å². The lowest BCUT2D eigenvalue weighted by Crippen LogP contribution is -2.25. The molecule has 2 unspecified atom stereocenters. The monoisotopic (exact) mass is 252 g/mol. The predicted molar refractivity (Wildman–Crippen MR) is 71.4 cm³/mol. The fraction of sp³-hybridized carbons (Fsp3) is 0.571. The van der Waals surface area contributed by atoms with Gasteiger partial charge in [-0.05, 0) is 50.6 Å². The number of aliphatic hydroxyl groups is 1. The smallest absolute Gasteiger partial charge is 0.126 e. The van der Waals surface area contributed by atoms with Crippen molar-refractivity contribution in [1.82, 2.24) is 5.32 Å².